The first kappa shape index (κ1) is 11.4. The fraction of sp³-hybridized carbons (Fsp3) is 1.00. The number of hydrogen-bond donors (Lipinski definition) is 1. The fourth-order valence-corrected chi connectivity index (χ4v) is 2.92. The summed E-state index contributed by atoms with van der Waals surface area (Å²) in [6.07, 6.45) is 3.80. The standard InChI is InChI=1S/C12H24N2O/c1-12(2,14-6-3-4-7-14)11(13)10-5-8-15-9-10/h10-11H,3-9,13H2,1-2H3. The van der Waals surface area contributed by atoms with Crippen LogP contribution in [0.3, 0.4) is 0 Å². The Labute approximate surface area is 93.0 Å². The van der Waals surface area contributed by atoms with Crippen LogP contribution in [0.1, 0.15) is 33.1 Å². The lowest BCUT2D eigenvalue weighted by molar-refractivity contribution is 0.0888. The van der Waals surface area contributed by atoms with Crippen LogP contribution in [0, 0.1) is 5.92 Å². The summed E-state index contributed by atoms with van der Waals surface area (Å²) < 4.78 is 5.44. The molecule has 3 heteroatoms. The van der Waals surface area contributed by atoms with E-state index in [0.717, 1.165) is 19.6 Å². The van der Waals surface area contributed by atoms with Gasteiger partial charge >= 0.3 is 0 Å². The summed E-state index contributed by atoms with van der Waals surface area (Å²) >= 11 is 0. The first-order valence-corrected chi connectivity index (χ1v) is 6.21. The lowest BCUT2D eigenvalue weighted by Crippen LogP contribution is -2.58. The molecule has 2 N–H and O–H groups in total. The molecule has 2 heterocycles. The first-order valence-electron chi connectivity index (χ1n) is 6.21. The molecule has 15 heavy (non-hydrogen) atoms. The van der Waals surface area contributed by atoms with Gasteiger partial charge in [0.25, 0.3) is 0 Å². The van der Waals surface area contributed by atoms with Crippen molar-refractivity contribution in [3.05, 3.63) is 0 Å². The SMILES string of the molecule is CC(C)(C(N)C1CCOC1)N1CCCC1. The Hall–Kier alpha value is -0.120. The van der Waals surface area contributed by atoms with Crippen molar-refractivity contribution in [2.45, 2.75) is 44.7 Å². The topological polar surface area (TPSA) is 38.5 Å². The summed E-state index contributed by atoms with van der Waals surface area (Å²) in [7, 11) is 0. The summed E-state index contributed by atoms with van der Waals surface area (Å²) in [5.74, 6) is 0.556. The highest BCUT2D eigenvalue weighted by molar-refractivity contribution is 4.97. The van der Waals surface area contributed by atoms with Gasteiger partial charge in [-0.25, -0.2) is 0 Å². The van der Waals surface area contributed by atoms with E-state index in [4.69, 9.17) is 10.5 Å². The molecule has 2 aliphatic heterocycles. The van der Waals surface area contributed by atoms with Gasteiger partial charge in [0, 0.05) is 24.1 Å². The van der Waals surface area contributed by atoms with Crippen LogP contribution in [0.15, 0.2) is 0 Å². The van der Waals surface area contributed by atoms with Gasteiger partial charge in [0.2, 0.25) is 0 Å². The molecule has 0 aromatic heterocycles. The average molecular weight is 212 g/mol. The van der Waals surface area contributed by atoms with Crippen molar-refractivity contribution in [1.29, 1.82) is 0 Å². The van der Waals surface area contributed by atoms with Gasteiger partial charge in [0.15, 0.2) is 0 Å². The van der Waals surface area contributed by atoms with E-state index in [9.17, 15) is 0 Å². The van der Waals surface area contributed by atoms with Crippen molar-refractivity contribution in [2.75, 3.05) is 26.3 Å². The third-order valence-corrected chi connectivity index (χ3v) is 4.21. The van der Waals surface area contributed by atoms with E-state index in [1.165, 1.54) is 25.9 Å². The van der Waals surface area contributed by atoms with Gasteiger partial charge in [-0.05, 0) is 46.2 Å². The molecule has 0 amide bonds. The number of rotatable bonds is 3. The maximum atomic E-state index is 6.41. The third-order valence-electron chi connectivity index (χ3n) is 4.21. The largest absolute Gasteiger partial charge is 0.381 e. The highest BCUT2D eigenvalue weighted by Gasteiger charge is 2.39. The molecule has 88 valence electrons. The van der Waals surface area contributed by atoms with E-state index in [2.05, 4.69) is 18.7 Å². The molecule has 2 fully saturated rings. The van der Waals surface area contributed by atoms with Crippen LogP contribution >= 0.6 is 0 Å². The maximum Gasteiger partial charge on any atom is 0.0510 e. The van der Waals surface area contributed by atoms with Crippen LogP contribution in [0.5, 0.6) is 0 Å². The molecule has 0 aromatic carbocycles. The minimum absolute atomic E-state index is 0.134. The zero-order chi connectivity index (χ0) is 10.9. The molecule has 0 saturated carbocycles. The minimum Gasteiger partial charge on any atom is -0.381 e. The Morgan fingerprint density at radius 2 is 2.00 bits per heavy atom. The Morgan fingerprint density at radius 1 is 1.33 bits per heavy atom. The smallest absolute Gasteiger partial charge is 0.0510 e. The van der Waals surface area contributed by atoms with Crippen molar-refractivity contribution in [3.8, 4) is 0 Å². The zero-order valence-electron chi connectivity index (χ0n) is 10.0. The quantitative estimate of drug-likeness (QED) is 0.764. The molecular formula is C12H24N2O. The monoisotopic (exact) mass is 212 g/mol. The minimum atomic E-state index is 0.134. The molecule has 0 bridgehead atoms. The molecule has 0 radical (unpaired) electrons. The molecule has 2 rings (SSSR count). The van der Waals surface area contributed by atoms with Gasteiger partial charge in [-0.2, -0.15) is 0 Å². The summed E-state index contributed by atoms with van der Waals surface area (Å²) in [5, 5.41) is 0. The number of ether oxygens (including phenoxy) is 1. The Balaban J connectivity index is 1.99. The van der Waals surface area contributed by atoms with Crippen LogP contribution in [0.2, 0.25) is 0 Å². The van der Waals surface area contributed by atoms with E-state index in [1.54, 1.807) is 0 Å². The van der Waals surface area contributed by atoms with Gasteiger partial charge < -0.3 is 10.5 Å². The molecule has 2 atom stereocenters. The molecule has 0 aromatic rings. The Kier molecular flexibility index (Phi) is 3.33. The van der Waals surface area contributed by atoms with Crippen LogP contribution in [-0.2, 0) is 4.74 Å². The fourth-order valence-electron chi connectivity index (χ4n) is 2.92. The van der Waals surface area contributed by atoms with E-state index in [0.29, 0.717) is 5.92 Å². The summed E-state index contributed by atoms with van der Waals surface area (Å²) in [6, 6.07) is 0.248. The van der Waals surface area contributed by atoms with Crippen LogP contribution in [-0.4, -0.2) is 42.8 Å². The van der Waals surface area contributed by atoms with Crippen molar-refractivity contribution in [3.63, 3.8) is 0 Å². The van der Waals surface area contributed by atoms with E-state index in [1.807, 2.05) is 0 Å². The summed E-state index contributed by atoms with van der Waals surface area (Å²) in [6.45, 7) is 8.78. The second kappa shape index (κ2) is 4.40. The second-order valence-electron chi connectivity index (χ2n) is 5.50. The van der Waals surface area contributed by atoms with Gasteiger partial charge in [0.05, 0.1) is 6.61 Å². The Bertz CT molecular complexity index is 206. The molecule has 2 saturated heterocycles. The van der Waals surface area contributed by atoms with Crippen molar-refractivity contribution in [2.24, 2.45) is 11.7 Å². The highest BCUT2D eigenvalue weighted by atomic mass is 16.5. The van der Waals surface area contributed by atoms with Gasteiger partial charge in [-0.1, -0.05) is 0 Å². The highest BCUT2D eigenvalue weighted by Crippen LogP contribution is 2.29. The van der Waals surface area contributed by atoms with Gasteiger partial charge in [-0.15, -0.1) is 0 Å². The lowest BCUT2D eigenvalue weighted by atomic mass is 9.83. The first-order chi connectivity index (χ1) is 7.12. The van der Waals surface area contributed by atoms with Gasteiger partial charge in [-0.3, -0.25) is 4.90 Å². The number of hydrogen-bond acceptors (Lipinski definition) is 3. The molecule has 2 unspecified atom stereocenters. The summed E-state index contributed by atoms with van der Waals surface area (Å²) in [4.78, 5) is 2.55. The number of nitrogens with two attached hydrogens (primary N) is 1. The maximum absolute atomic E-state index is 6.41. The van der Waals surface area contributed by atoms with E-state index < -0.39 is 0 Å². The van der Waals surface area contributed by atoms with Crippen molar-refractivity contribution >= 4 is 0 Å². The molecule has 2 aliphatic rings. The van der Waals surface area contributed by atoms with E-state index >= 15 is 0 Å². The molecule has 0 spiro atoms. The van der Waals surface area contributed by atoms with Crippen molar-refractivity contribution < 1.29 is 4.74 Å². The third kappa shape index (κ3) is 2.19. The van der Waals surface area contributed by atoms with E-state index in [-0.39, 0.29) is 11.6 Å². The van der Waals surface area contributed by atoms with Crippen LogP contribution in [0.4, 0.5) is 0 Å². The van der Waals surface area contributed by atoms with Gasteiger partial charge in [0.1, 0.15) is 0 Å². The molecule has 3 nitrogen and oxygen atoms in total. The zero-order valence-corrected chi connectivity index (χ0v) is 10.0. The molecular weight excluding hydrogens is 188 g/mol. The van der Waals surface area contributed by atoms with Crippen LogP contribution in [0.25, 0.3) is 0 Å². The van der Waals surface area contributed by atoms with Crippen LogP contribution < -0.4 is 5.73 Å². The summed E-state index contributed by atoms with van der Waals surface area (Å²) in [5.41, 5.74) is 6.55. The Morgan fingerprint density at radius 3 is 2.53 bits per heavy atom. The predicted octanol–water partition coefficient (Wildman–Crippen LogP) is 1.22. The number of likely N-dealkylation sites (tertiary alicyclic amines) is 1. The molecule has 0 aliphatic carbocycles. The average Bonchev–Trinajstić information content (AvgIpc) is 2.89. The normalized spacial score (nSPS) is 31.0. The lowest BCUT2D eigenvalue weighted by Gasteiger charge is -2.42. The predicted molar refractivity (Wildman–Crippen MR) is 61.8 cm³/mol. The number of nitrogens with zero attached hydrogens (tertiary/aromatic N) is 1. The van der Waals surface area contributed by atoms with Crippen molar-refractivity contribution in [1.82, 2.24) is 4.90 Å². The second-order valence-corrected chi connectivity index (χ2v) is 5.50.